The molecule has 0 saturated heterocycles. The first-order chi connectivity index (χ1) is 11.0. The Bertz CT molecular complexity index is 1290. The van der Waals surface area contributed by atoms with E-state index in [0.29, 0.717) is 16.1 Å². The lowest BCUT2D eigenvalue weighted by molar-refractivity contribution is 0.448. The molecule has 2 aromatic carbocycles. The van der Waals surface area contributed by atoms with Crippen molar-refractivity contribution in [3.05, 3.63) is 66.6 Å². The van der Waals surface area contributed by atoms with Gasteiger partial charge in [0.2, 0.25) is 5.88 Å². The van der Waals surface area contributed by atoms with Crippen LogP contribution < -0.4 is 16.3 Å². The molecule has 0 unspecified atom stereocenters. The highest BCUT2D eigenvalue weighted by atomic mass is 32.1. The van der Waals surface area contributed by atoms with E-state index in [1.165, 1.54) is 0 Å². The van der Waals surface area contributed by atoms with Crippen LogP contribution in [0, 0.1) is 4.77 Å². The van der Waals surface area contributed by atoms with Gasteiger partial charge in [-0.2, -0.15) is 0 Å². The van der Waals surface area contributed by atoms with Crippen LogP contribution in [0.1, 0.15) is 5.56 Å². The maximum Gasteiger partial charge on any atom is 0.278 e. The summed E-state index contributed by atoms with van der Waals surface area (Å²) in [4.78, 5) is 32.8. The minimum absolute atomic E-state index is 0.0504. The van der Waals surface area contributed by atoms with Crippen molar-refractivity contribution in [2.75, 3.05) is 0 Å². The van der Waals surface area contributed by atoms with E-state index < -0.39 is 5.56 Å². The van der Waals surface area contributed by atoms with E-state index >= 15 is 0 Å². The third-order valence-electron chi connectivity index (χ3n) is 3.76. The molecule has 0 atom stereocenters. The molecule has 0 spiro atoms. The molecule has 0 amide bonds. The highest BCUT2D eigenvalue weighted by molar-refractivity contribution is 7.71. The van der Waals surface area contributed by atoms with Gasteiger partial charge in [-0.1, -0.05) is 18.2 Å². The molecule has 0 radical (unpaired) electrons. The van der Waals surface area contributed by atoms with E-state index in [9.17, 15) is 14.7 Å². The van der Waals surface area contributed by atoms with Gasteiger partial charge in [0.15, 0.2) is 4.77 Å². The molecular weight excluding hydrogens is 314 g/mol. The van der Waals surface area contributed by atoms with Gasteiger partial charge in [0.1, 0.15) is 5.56 Å². The Morgan fingerprint density at radius 3 is 2.65 bits per heavy atom. The summed E-state index contributed by atoms with van der Waals surface area (Å²) in [5.74, 6) is -0.303. The molecule has 0 aliphatic rings. The Morgan fingerprint density at radius 1 is 1.09 bits per heavy atom. The van der Waals surface area contributed by atoms with E-state index in [2.05, 4.69) is 15.0 Å². The first kappa shape index (κ1) is 13.6. The number of aromatic amines is 2. The van der Waals surface area contributed by atoms with Crippen molar-refractivity contribution in [1.29, 1.82) is 0 Å². The summed E-state index contributed by atoms with van der Waals surface area (Å²) in [6, 6.07) is 8.81. The molecule has 7 heteroatoms. The predicted octanol–water partition coefficient (Wildman–Crippen LogP) is 1.19. The minimum atomic E-state index is -0.490. The molecule has 0 fully saturated rings. The lowest BCUT2D eigenvalue weighted by Gasteiger charge is -2.01. The normalized spacial score (nSPS) is 12.4. The van der Waals surface area contributed by atoms with Crippen LogP contribution in [-0.2, 0) is 0 Å². The Morgan fingerprint density at radius 2 is 1.87 bits per heavy atom. The summed E-state index contributed by atoms with van der Waals surface area (Å²) < 4.78 is 0.0504. The largest absolute Gasteiger partial charge is 0.494 e. The smallest absolute Gasteiger partial charge is 0.278 e. The SMILES string of the molecule is O=c1[nH]c(=S)[nH]c(O)c1C=c1ccc2nc(=O)c3cccc1c23. The number of rotatable bonds is 1. The second-order valence-corrected chi connectivity index (χ2v) is 5.54. The van der Waals surface area contributed by atoms with E-state index in [1.807, 2.05) is 6.07 Å². The number of H-pyrrole nitrogens is 2. The molecule has 3 N–H and O–H groups in total. The molecule has 0 aliphatic carbocycles. The number of hydrogen-bond acceptors (Lipinski definition) is 5. The molecule has 6 nitrogen and oxygen atoms in total. The van der Waals surface area contributed by atoms with Crippen LogP contribution in [0.3, 0.4) is 0 Å². The van der Waals surface area contributed by atoms with Crippen LogP contribution >= 0.6 is 12.2 Å². The van der Waals surface area contributed by atoms with Crippen molar-refractivity contribution in [3.8, 4) is 5.88 Å². The van der Waals surface area contributed by atoms with Gasteiger partial charge in [0, 0.05) is 5.39 Å². The average Bonchev–Trinajstić information content (AvgIpc) is 2.83. The van der Waals surface area contributed by atoms with Gasteiger partial charge in [-0.25, -0.2) is 4.98 Å². The van der Waals surface area contributed by atoms with E-state index in [1.54, 1.807) is 30.3 Å². The predicted molar refractivity (Wildman–Crippen MR) is 89.4 cm³/mol. The molecule has 2 aromatic heterocycles. The third kappa shape index (κ3) is 2.01. The van der Waals surface area contributed by atoms with Gasteiger partial charge in [-0.15, -0.1) is 0 Å². The van der Waals surface area contributed by atoms with Crippen LogP contribution in [0.2, 0.25) is 0 Å². The molecule has 0 saturated carbocycles. The second kappa shape index (κ2) is 4.72. The molecule has 0 aliphatic heterocycles. The fourth-order valence-corrected chi connectivity index (χ4v) is 2.94. The Labute approximate surface area is 133 Å². The van der Waals surface area contributed by atoms with Crippen molar-refractivity contribution in [1.82, 2.24) is 15.0 Å². The summed E-state index contributed by atoms with van der Waals surface area (Å²) in [6.45, 7) is 0. The number of aromatic hydroxyl groups is 1. The Kier molecular flexibility index (Phi) is 2.79. The van der Waals surface area contributed by atoms with Crippen molar-refractivity contribution in [2.45, 2.75) is 0 Å². The zero-order chi connectivity index (χ0) is 16.1. The molecule has 2 heterocycles. The van der Waals surface area contributed by atoms with E-state index in [-0.39, 0.29) is 21.8 Å². The molecule has 23 heavy (non-hydrogen) atoms. The number of hydrogen-bond donors (Lipinski definition) is 3. The molecule has 112 valence electrons. The summed E-state index contributed by atoms with van der Waals surface area (Å²) in [5.41, 5.74) is -0.0774. The van der Waals surface area contributed by atoms with Gasteiger partial charge in [-0.05, 0) is 41.0 Å². The number of benzene rings is 2. The van der Waals surface area contributed by atoms with Crippen LogP contribution in [-0.4, -0.2) is 20.1 Å². The maximum absolute atomic E-state index is 12.0. The van der Waals surface area contributed by atoms with Crippen LogP contribution in [0.25, 0.3) is 27.8 Å². The third-order valence-corrected chi connectivity index (χ3v) is 3.97. The zero-order valence-corrected chi connectivity index (χ0v) is 12.4. The molecule has 4 aromatic rings. The number of aromatic nitrogens is 3. The second-order valence-electron chi connectivity index (χ2n) is 5.13. The summed E-state index contributed by atoms with van der Waals surface area (Å²) in [7, 11) is 0. The minimum Gasteiger partial charge on any atom is -0.494 e. The lowest BCUT2D eigenvalue weighted by Crippen LogP contribution is -2.14. The van der Waals surface area contributed by atoms with Gasteiger partial charge in [0.05, 0.1) is 10.9 Å². The quantitative estimate of drug-likeness (QED) is 0.457. The summed E-state index contributed by atoms with van der Waals surface area (Å²) in [5, 5.41) is 12.7. The number of nitrogens with zero attached hydrogens (tertiary/aromatic N) is 1. The maximum atomic E-state index is 12.0. The van der Waals surface area contributed by atoms with E-state index in [0.717, 1.165) is 10.8 Å². The fraction of sp³-hybridized carbons (Fsp3) is 0. The van der Waals surface area contributed by atoms with E-state index in [4.69, 9.17) is 12.2 Å². The lowest BCUT2D eigenvalue weighted by atomic mass is 10.0. The average molecular weight is 323 g/mol. The topological polar surface area (TPSA) is 98.8 Å². The van der Waals surface area contributed by atoms with Gasteiger partial charge < -0.3 is 10.1 Å². The zero-order valence-electron chi connectivity index (χ0n) is 11.6. The Balaban J connectivity index is 2.15. The van der Waals surface area contributed by atoms with Crippen molar-refractivity contribution < 1.29 is 5.11 Å². The monoisotopic (exact) mass is 323 g/mol. The highest BCUT2D eigenvalue weighted by Gasteiger charge is 2.10. The van der Waals surface area contributed by atoms with Crippen LogP contribution in [0.5, 0.6) is 5.88 Å². The van der Waals surface area contributed by atoms with Crippen molar-refractivity contribution in [3.63, 3.8) is 0 Å². The molecule has 4 rings (SSSR count). The fourth-order valence-electron chi connectivity index (χ4n) is 2.75. The van der Waals surface area contributed by atoms with Crippen molar-refractivity contribution >= 4 is 40.0 Å². The first-order valence-electron chi connectivity index (χ1n) is 6.77. The van der Waals surface area contributed by atoms with Crippen molar-refractivity contribution in [2.24, 2.45) is 0 Å². The molecule has 0 bridgehead atoms. The van der Waals surface area contributed by atoms with Crippen LogP contribution in [0.4, 0.5) is 0 Å². The summed E-state index contributed by atoms with van der Waals surface area (Å²) in [6.07, 6.45) is 1.55. The van der Waals surface area contributed by atoms with Gasteiger partial charge >= 0.3 is 0 Å². The Hall–Kier alpha value is -3.06. The van der Waals surface area contributed by atoms with Gasteiger partial charge in [0.25, 0.3) is 11.1 Å². The first-order valence-corrected chi connectivity index (χ1v) is 7.17. The standard InChI is InChI=1S/C16H9N3O3S/c20-13-9-3-1-2-8-7(4-5-11(17-13)12(8)9)6-10-14(21)18-16(23)19-15(10)22/h1-6H,(H3,18,19,21,22,23). The highest BCUT2D eigenvalue weighted by Crippen LogP contribution is 2.21. The van der Waals surface area contributed by atoms with Crippen LogP contribution in [0.15, 0.2) is 39.9 Å². The summed E-state index contributed by atoms with van der Waals surface area (Å²) >= 11 is 4.81. The van der Waals surface area contributed by atoms with Gasteiger partial charge in [-0.3, -0.25) is 14.6 Å². The molecular formula is C16H9N3O3S. The number of nitrogens with one attached hydrogen (secondary N) is 2.